The Morgan fingerprint density at radius 3 is 2.00 bits per heavy atom. The first-order valence-corrected chi connectivity index (χ1v) is 10.8. The van der Waals surface area contributed by atoms with Gasteiger partial charge >= 0.3 is 5.69 Å². The highest BCUT2D eigenvalue weighted by atomic mass is 35.5. The molecule has 0 saturated heterocycles. The van der Waals surface area contributed by atoms with Gasteiger partial charge in [-0.25, -0.2) is 9.97 Å². The predicted octanol–water partition coefficient (Wildman–Crippen LogP) is 5.86. The van der Waals surface area contributed by atoms with Gasteiger partial charge in [0.1, 0.15) is 6.33 Å². The van der Waals surface area contributed by atoms with Crippen molar-refractivity contribution in [3.8, 4) is 0 Å². The lowest BCUT2D eigenvalue weighted by atomic mass is 10.1. The molecule has 8 heteroatoms. The van der Waals surface area contributed by atoms with Crippen molar-refractivity contribution < 1.29 is 4.92 Å². The Morgan fingerprint density at radius 1 is 0.848 bits per heavy atom. The third-order valence-corrected chi connectivity index (χ3v) is 5.49. The minimum Gasteiger partial charge on any atom is -0.360 e. The van der Waals surface area contributed by atoms with Gasteiger partial charge in [0.25, 0.3) is 0 Å². The first-order valence-electron chi connectivity index (χ1n) is 10.4. The summed E-state index contributed by atoms with van der Waals surface area (Å²) in [5.74, 6) is 0.403. The van der Waals surface area contributed by atoms with Gasteiger partial charge in [-0.1, -0.05) is 90.5 Å². The monoisotopic (exact) mass is 459 g/mol. The van der Waals surface area contributed by atoms with E-state index in [1.807, 2.05) is 83.8 Å². The third-order valence-electron chi connectivity index (χ3n) is 5.12. The van der Waals surface area contributed by atoms with E-state index in [9.17, 15) is 10.1 Å². The van der Waals surface area contributed by atoms with E-state index in [1.165, 1.54) is 6.33 Å². The van der Waals surface area contributed by atoms with Crippen LogP contribution in [-0.2, 0) is 19.6 Å². The highest BCUT2D eigenvalue weighted by molar-refractivity contribution is 6.31. The molecule has 0 bridgehead atoms. The molecule has 7 nitrogen and oxygen atoms in total. The molecule has 0 aliphatic rings. The maximum atomic E-state index is 12.2. The van der Waals surface area contributed by atoms with E-state index < -0.39 is 4.92 Å². The van der Waals surface area contributed by atoms with Gasteiger partial charge in [-0.2, -0.15) is 0 Å². The van der Waals surface area contributed by atoms with Crippen LogP contribution in [-0.4, -0.2) is 14.9 Å². The van der Waals surface area contributed by atoms with Crippen LogP contribution in [0.3, 0.4) is 0 Å². The van der Waals surface area contributed by atoms with Crippen molar-refractivity contribution in [1.29, 1.82) is 0 Å². The van der Waals surface area contributed by atoms with Gasteiger partial charge in [-0.05, 0) is 22.8 Å². The topological polar surface area (TPSA) is 84.2 Å². The number of nitrogens with one attached hydrogen (secondary N) is 1. The number of hydrogen-bond acceptors (Lipinski definition) is 6. The van der Waals surface area contributed by atoms with Crippen LogP contribution in [0.1, 0.15) is 16.7 Å². The second kappa shape index (κ2) is 10.6. The van der Waals surface area contributed by atoms with E-state index in [4.69, 9.17) is 11.6 Å². The molecule has 0 aliphatic heterocycles. The normalized spacial score (nSPS) is 10.6. The number of rotatable bonds is 9. The summed E-state index contributed by atoms with van der Waals surface area (Å²) in [6.45, 7) is 1.21. The third kappa shape index (κ3) is 5.64. The minimum atomic E-state index is -0.437. The van der Waals surface area contributed by atoms with Crippen LogP contribution in [0.4, 0.5) is 17.3 Å². The standard InChI is InChI=1S/C25H22ClN5O2/c26-22-14-8-7-13-21(22)15-27-24-23(31(32)33)25(29-18-28-24)30(16-19-9-3-1-4-10-19)17-20-11-5-2-6-12-20/h1-14,18H,15-17H2,(H,27,28,29). The van der Waals surface area contributed by atoms with E-state index in [1.54, 1.807) is 6.07 Å². The molecule has 3 aromatic carbocycles. The molecule has 33 heavy (non-hydrogen) atoms. The zero-order chi connectivity index (χ0) is 23.0. The number of halogens is 1. The van der Waals surface area contributed by atoms with Crippen molar-refractivity contribution in [3.05, 3.63) is 123 Å². The molecule has 0 spiro atoms. The van der Waals surface area contributed by atoms with Crippen LogP contribution >= 0.6 is 11.6 Å². The first kappa shape index (κ1) is 22.2. The Labute approximate surface area is 196 Å². The zero-order valence-electron chi connectivity index (χ0n) is 17.8. The summed E-state index contributed by atoms with van der Waals surface area (Å²) in [5.41, 5.74) is 2.69. The molecule has 0 atom stereocenters. The lowest BCUT2D eigenvalue weighted by Gasteiger charge is -2.24. The summed E-state index contributed by atoms with van der Waals surface area (Å²) < 4.78 is 0. The van der Waals surface area contributed by atoms with Gasteiger partial charge in [0.05, 0.1) is 4.92 Å². The van der Waals surface area contributed by atoms with Gasteiger partial charge in [0, 0.05) is 24.7 Å². The van der Waals surface area contributed by atoms with E-state index in [2.05, 4.69) is 15.3 Å². The van der Waals surface area contributed by atoms with Crippen molar-refractivity contribution in [2.24, 2.45) is 0 Å². The smallest absolute Gasteiger partial charge is 0.353 e. The van der Waals surface area contributed by atoms with Gasteiger partial charge in [0.2, 0.25) is 11.6 Å². The maximum Gasteiger partial charge on any atom is 0.353 e. The number of nitrogens with zero attached hydrogens (tertiary/aromatic N) is 4. The molecule has 166 valence electrons. The summed E-state index contributed by atoms with van der Waals surface area (Å²) in [6, 6.07) is 27.0. The van der Waals surface area contributed by atoms with E-state index >= 15 is 0 Å². The molecule has 4 rings (SSSR count). The predicted molar refractivity (Wildman–Crippen MR) is 130 cm³/mol. The van der Waals surface area contributed by atoms with Crippen molar-refractivity contribution in [1.82, 2.24) is 9.97 Å². The number of hydrogen-bond donors (Lipinski definition) is 1. The van der Waals surface area contributed by atoms with Crippen molar-refractivity contribution in [2.45, 2.75) is 19.6 Å². The fourth-order valence-electron chi connectivity index (χ4n) is 3.53. The number of anilines is 2. The van der Waals surface area contributed by atoms with E-state index in [0.717, 1.165) is 16.7 Å². The number of benzene rings is 3. The molecular formula is C25H22ClN5O2. The number of aromatic nitrogens is 2. The molecule has 1 aromatic heterocycles. The Bertz CT molecular complexity index is 1180. The van der Waals surface area contributed by atoms with Crippen molar-refractivity contribution in [3.63, 3.8) is 0 Å². The minimum absolute atomic E-state index is 0.149. The van der Waals surface area contributed by atoms with Gasteiger partial charge < -0.3 is 10.2 Å². The lowest BCUT2D eigenvalue weighted by molar-refractivity contribution is -0.383. The van der Waals surface area contributed by atoms with Gasteiger partial charge in [0.15, 0.2) is 0 Å². The molecule has 1 N–H and O–H groups in total. The second-order valence-corrected chi connectivity index (χ2v) is 7.83. The number of nitro groups is 1. The van der Waals surface area contributed by atoms with Crippen LogP contribution in [0.2, 0.25) is 5.02 Å². The van der Waals surface area contributed by atoms with Crippen LogP contribution in [0.5, 0.6) is 0 Å². The zero-order valence-corrected chi connectivity index (χ0v) is 18.5. The maximum absolute atomic E-state index is 12.2. The molecule has 0 amide bonds. The van der Waals surface area contributed by atoms with Crippen LogP contribution in [0, 0.1) is 10.1 Å². The van der Waals surface area contributed by atoms with Crippen molar-refractivity contribution >= 4 is 28.9 Å². The molecular weight excluding hydrogens is 438 g/mol. The van der Waals surface area contributed by atoms with Gasteiger partial charge in [-0.3, -0.25) is 10.1 Å². The molecule has 0 unspecified atom stereocenters. The van der Waals surface area contributed by atoms with Gasteiger partial charge in [-0.15, -0.1) is 0 Å². The molecule has 0 fully saturated rings. The lowest BCUT2D eigenvalue weighted by Crippen LogP contribution is -2.25. The van der Waals surface area contributed by atoms with Crippen molar-refractivity contribution in [2.75, 3.05) is 10.2 Å². The SMILES string of the molecule is O=[N+]([O-])c1c(NCc2ccccc2Cl)ncnc1N(Cc1ccccc1)Cc1ccccc1. The second-order valence-electron chi connectivity index (χ2n) is 7.42. The molecule has 4 aromatic rings. The fraction of sp³-hybridized carbons (Fsp3) is 0.120. The largest absolute Gasteiger partial charge is 0.360 e. The molecule has 0 aliphatic carbocycles. The van der Waals surface area contributed by atoms with Crippen LogP contribution in [0.15, 0.2) is 91.3 Å². The average molecular weight is 460 g/mol. The fourth-order valence-corrected chi connectivity index (χ4v) is 3.73. The Kier molecular flexibility index (Phi) is 7.12. The van der Waals surface area contributed by atoms with E-state index in [-0.39, 0.29) is 17.3 Å². The van der Waals surface area contributed by atoms with Crippen LogP contribution < -0.4 is 10.2 Å². The summed E-state index contributed by atoms with van der Waals surface area (Å²) in [5, 5.41) is 15.8. The summed E-state index contributed by atoms with van der Waals surface area (Å²) in [6.07, 6.45) is 1.35. The first-order chi connectivity index (χ1) is 16.1. The Balaban J connectivity index is 1.70. The molecule has 0 radical (unpaired) electrons. The molecule has 0 saturated carbocycles. The van der Waals surface area contributed by atoms with Crippen LogP contribution in [0.25, 0.3) is 0 Å². The van der Waals surface area contributed by atoms with E-state index in [0.29, 0.717) is 24.7 Å². The highest BCUT2D eigenvalue weighted by Crippen LogP contribution is 2.34. The Hall–Kier alpha value is -3.97. The summed E-state index contributed by atoms with van der Waals surface area (Å²) in [7, 11) is 0. The molecule has 1 heterocycles. The highest BCUT2D eigenvalue weighted by Gasteiger charge is 2.27. The summed E-state index contributed by atoms with van der Waals surface area (Å²) >= 11 is 6.24. The summed E-state index contributed by atoms with van der Waals surface area (Å²) in [4.78, 5) is 22.1. The average Bonchev–Trinajstić information content (AvgIpc) is 2.84. The quantitative estimate of drug-likeness (QED) is 0.249. The Morgan fingerprint density at radius 2 is 1.42 bits per heavy atom.